The molecule has 5 nitrogen and oxygen atoms in total. The van der Waals surface area contributed by atoms with E-state index >= 15 is 0 Å². The van der Waals surface area contributed by atoms with E-state index in [4.69, 9.17) is 0 Å². The van der Waals surface area contributed by atoms with Gasteiger partial charge >= 0.3 is 6.18 Å². The van der Waals surface area contributed by atoms with Crippen molar-refractivity contribution in [3.63, 3.8) is 0 Å². The molecule has 1 aliphatic heterocycles. The molecule has 3 heterocycles. The molecule has 0 saturated carbocycles. The van der Waals surface area contributed by atoms with Gasteiger partial charge in [0.1, 0.15) is 11.6 Å². The molecule has 1 saturated heterocycles. The summed E-state index contributed by atoms with van der Waals surface area (Å²) in [4.78, 5) is 10.3. The third-order valence-electron chi connectivity index (χ3n) is 4.54. The molecule has 1 fully saturated rings. The van der Waals surface area contributed by atoms with Crippen LogP contribution in [0.4, 0.5) is 19.0 Å². The second-order valence-electron chi connectivity index (χ2n) is 6.46. The fraction of sp³-hybridized carbons (Fsp3) is 0.444. The molecule has 1 aliphatic rings. The van der Waals surface area contributed by atoms with Gasteiger partial charge in [0.05, 0.1) is 11.3 Å². The third-order valence-corrected chi connectivity index (χ3v) is 4.54. The fourth-order valence-corrected chi connectivity index (χ4v) is 3.03. The summed E-state index contributed by atoms with van der Waals surface area (Å²) in [6, 6.07) is 6.15. The van der Waals surface area contributed by atoms with Crippen LogP contribution < -0.4 is 10.2 Å². The van der Waals surface area contributed by atoms with Crippen molar-refractivity contribution < 1.29 is 18.3 Å². The highest BCUT2D eigenvalue weighted by Gasteiger charge is 2.31. The number of halogens is 3. The number of hydrogen-bond acceptors (Lipinski definition) is 5. The normalized spacial score (nSPS) is 16.1. The number of nitrogens with one attached hydrogen (secondary N) is 1. The Morgan fingerprint density at radius 2 is 1.92 bits per heavy atom. The van der Waals surface area contributed by atoms with Crippen LogP contribution >= 0.6 is 0 Å². The molecule has 0 radical (unpaired) electrons. The molecule has 2 aromatic heterocycles. The van der Waals surface area contributed by atoms with Crippen molar-refractivity contribution in [3.05, 3.63) is 47.4 Å². The van der Waals surface area contributed by atoms with Crippen LogP contribution in [0.5, 0.6) is 5.75 Å². The van der Waals surface area contributed by atoms with Crippen molar-refractivity contribution in [2.45, 2.75) is 38.5 Å². The largest absolute Gasteiger partial charge is 0.506 e. The Bertz CT molecular complexity index is 741. The molecule has 8 heteroatoms. The molecule has 0 bridgehead atoms. The monoisotopic (exact) mass is 366 g/mol. The van der Waals surface area contributed by atoms with Crippen LogP contribution in [0.25, 0.3) is 0 Å². The first-order valence-electron chi connectivity index (χ1n) is 8.50. The minimum atomic E-state index is -4.36. The molecule has 2 N–H and O–H groups in total. The van der Waals surface area contributed by atoms with E-state index in [9.17, 15) is 18.3 Å². The van der Waals surface area contributed by atoms with Crippen LogP contribution in [0.3, 0.4) is 0 Å². The third kappa shape index (κ3) is 4.43. The van der Waals surface area contributed by atoms with Crippen molar-refractivity contribution in [1.29, 1.82) is 0 Å². The van der Waals surface area contributed by atoms with Crippen molar-refractivity contribution in [1.82, 2.24) is 15.3 Å². The Hall–Kier alpha value is -2.35. The SMILES string of the molecule is Cc1ccc(O)c(CNC2CCN(c3ccc(C(F)(F)F)cn3)CC2)n1. The minimum Gasteiger partial charge on any atom is -0.506 e. The topological polar surface area (TPSA) is 61.3 Å². The number of rotatable bonds is 4. The van der Waals surface area contributed by atoms with E-state index < -0.39 is 11.7 Å². The summed E-state index contributed by atoms with van der Waals surface area (Å²) in [5.41, 5.74) is 0.739. The van der Waals surface area contributed by atoms with Gasteiger partial charge in [0, 0.05) is 37.6 Å². The number of anilines is 1. The maximum Gasteiger partial charge on any atom is 0.417 e. The first-order chi connectivity index (χ1) is 12.3. The van der Waals surface area contributed by atoms with Gasteiger partial charge < -0.3 is 15.3 Å². The van der Waals surface area contributed by atoms with Gasteiger partial charge in [0.25, 0.3) is 0 Å². The maximum absolute atomic E-state index is 12.6. The van der Waals surface area contributed by atoms with Gasteiger partial charge in [-0.2, -0.15) is 13.2 Å². The quantitative estimate of drug-likeness (QED) is 0.870. The van der Waals surface area contributed by atoms with Crippen LogP contribution in [0, 0.1) is 6.92 Å². The summed E-state index contributed by atoms with van der Waals surface area (Å²) >= 11 is 0. The van der Waals surface area contributed by atoms with Crippen molar-refractivity contribution >= 4 is 5.82 Å². The Balaban J connectivity index is 1.52. The van der Waals surface area contributed by atoms with E-state index in [0.717, 1.165) is 30.8 Å². The van der Waals surface area contributed by atoms with E-state index in [1.165, 1.54) is 6.07 Å². The number of piperidine rings is 1. The predicted molar refractivity (Wildman–Crippen MR) is 92.0 cm³/mol. The summed E-state index contributed by atoms with van der Waals surface area (Å²) in [5.74, 6) is 0.740. The molecule has 0 aromatic carbocycles. The van der Waals surface area contributed by atoms with E-state index in [2.05, 4.69) is 15.3 Å². The van der Waals surface area contributed by atoms with Gasteiger partial charge in [-0.3, -0.25) is 4.98 Å². The molecule has 0 atom stereocenters. The zero-order valence-electron chi connectivity index (χ0n) is 14.4. The lowest BCUT2D eigenvalue weighted by Gasteiger charge is -2.33. The highest BCUT2D eigenvalue weighted by atomic mass is 19.4. The fourth-order valence-electron chi connectivity index (χ4n) is 3.03. The maximum atomic E-state index is 12.6. The van der Waals surface area contributed by atoms with Crippen molar-refractivity contribution in [2.24, 2.45) is 0 Å². The standard InChI is InChI=1S/C18H21F3N4O/c1-12-2-4-16(26)15(24-12)11-22-14-6-8-25(9-7-14)17-5-3-13(10-23-17)18(19,20)21/h2-5,10,14,22,26H,6-9,11H2,1H3. The zero-order chi connectivity index (χ0) is 18.7. The van der Waals surface area contributed by atoms with Gasteiger partial charge in [-0.25, -0.2) is 4.98 Å². The number of aromatic hydroxyl groups is 1. The van der Waals surface area contributed by atoms with Crippen LogP contribution in [-0.4, -0.2) is 34.2 Å². The summed E-state index contributed by atoms with van der Waals surface area (Å²) < 4.78 is 37.8. The molecular formula is C18H21F3N4O. The van der Waals surface area contributed by atoms with Crippen LogP contribution in [0.15, 0.2) is 30.5 Å². The number of aryl methyl sites for hydroxylation is 1. The van der Waals surface area contributed by atoms with E-state index in [1.54, 1.807) is 12.1 Å². The van der Waals surface area contributed by atoms with Crippen LogP contribution in [0.1, 0.15) is 29.8 Å². The highest BCUT2D eigenvalue weighted by molar-refractivity contribution is 5.40. The summed E-state index contributed by atoms with van der Waals surface area (Å²) in [6.07, 6.45) is -1.80. The van der Waals surface area contributed by atoms with Crippen molar-refractivity contribution in [3.8, 4) is 5.75 Å². The lowest BCUT2D eigenvalue weighted by atomic mass is 10.0. The second-order valence-corrected chi connectivity index (χ2v) is 6.46. The lowest BCUT2D eigenvalue weighted by Crippen LogP contribution is -2.42. The van der Waals surface area contributed by atoms with Crippen LogP contribution in [0.2, 0.25) is 0 Å². The lowest BCUT2D eigenvalue weighted by molar-refractivity contribution is -0.137. The van der Waals surface area contributed by atoms with Gasteiger partial charge in [0.15, 0.2) is 0 Å². The molecule has 3 rings (SSSR count). The predicted octanol–water partition coefficient (Wildman–Crippen LogP) is 3.27. The molecule has 26 heavy (non-hydrogen) atoms. The Labute approximate surface area is 149 Å². The summed E-state index contributed by atoms with van der Waals surface area (Å²) in [7, 11) is 0. The minimum absolute atomic E-state index is 0.175. The zero-order valence-corrected chi connectivity index (χ0v) is 14.4. The average Bonchev–Trinajstić information content (AvgIpc) is 2.62. The first kappa shape index (κ1) is 18.4. The summed E-state index contributed by atoms with van der Waals surface area (Å²) in [5, 5.41) is 13.2. The number of alkyl halides is 3. The molecular weight excluding hydrogens is 345 g/mol. The molecule has 0 aliphatic carbocycles. The molecule has 0 amide bonds. The van der Waals surface area contributed by atoms with Crippen molar-refractivity contribution in [2.75, 3.05) is 18.0 Å². The first-order valence-corrected chi connectivity index (χ1v) is 8.50. The molecule has 140 valence electrons. The second kappa shape index (κ2) is 7.49. The van der Waals surface area contributed by atoms with Gasteiger partial charge in [-0.05, 0) is 44.0 Å². The highest BCUT2D eigenvalue weighted by Crippen LogP contribution is 2.29. The number of pyridine rings is 2. The van der Waals surface area contributed by atoms with Gasteiger partial charge in [0.2, 0.25) is 0 Å². The Morgan fingerprint density at radius 1 is 1.19 bits per heavy atom. The van der Waals surface area contributed by atoms with E-state index in [0.29, 0.717) is 31.1 Å². The average molecular weight is 366 g/mol. The molecule has 2 aromatic rings. The number of hydrogen-bond donors (Lipinski definition) is 2. The summed E-state index contributed by atoms with van der Waals surface area (Å²) in [6.45, 7) is 3.78. The number of nitrogens with zero attached hydrogens (tertiary/aromatic N) is 3. The Kier molecular flexibility index (Phi) is 5.31. The Morgan fingerprint density at radius 3 is 2.54 bits per heavy atom. The van der Waals surface area contributed by atoms with Crippen LogP contribution in [-0.2, 0) is 12.7 Å². The van der Waals surface area contributed by atoms with E-state index in [1.807, 2.05) is 11.8 Å². The molecule has 0 spiro atoms. The van der Waals surface area contributed by atoms with Gasteiger partial charge in [-0.1, -0.05) is 0 Å². The van der Waals surface area contributed by atoms with E-state index in [-0.39, 0.29) is 11.8 Å². The molecule has 0 unspecified atom stereocenters. The van der Waals surface area contributed by atoms with Gasteiger partial charge in [-0.15, -0.1) is 0 Å². The smallest absolute Gasteiger partial charge is 0.417 e. The number of aromatic nitrogens is 2.